The van der Waals surface area contributed by atoms with Crippen LogP contribution in [0.5, 0.6) is 0 Å². The smallest absolute Gasteiger partial charge is 0.305 e. The quantitative estimate of drug-likeness (QED) is 0.0320. The number of unbranched alkanes of at least 4 members (excludes halogenated alkanes) is 51. The first-order chi connectivity index (χ1) is 37.0. The van der Waals surface area contributed by atoms with Crippen molar-refractivity contribution < 1.29 is 24.5 Å². The van der Waals surface area contributed by atoms with Gasteiger partial charge in [0.15, 0.2) is 0 Å². The number of amides is 1. The minimum absolute atomic E-state index is 0.0111. The van der Waals surface area contributed by atoms with Crippen LogP contribution in [0.4, 0.5) is 0 Å². The van der Waals surface area contributed by atoms with E-state index in [1.165, 1.54) is 308 Å². The molecule has 0 fully saturated rings. The molecule has 0 aromatic carbocycles. The van der Waals surface area contributed by atoms with Crippen LogP contribution in [-0.2, 0) is 14.3 Å². The summed E-state index contributed by atoms with van der Waals surface area (Å²) in [6, 6.07) is -0.623. The first kappa shape index (κ1) is 73.3. The van der Waals surface area contributed by atoms with Crippen LogP contribution in [0.1, 0.15) is 380 Å². The lowest BCUT2D eigenvalue weighted by atomic mass is 10.0. The van der Waals surface area contributed by atoms with Crippen LogP contribution in [0.15, 0.2) is 24.3 Å². The molecule has 0 aliphatic heterocycles. The SMILES string of the molecule is CCCCC/C=C\CCCCCCCC(=O)OCCCCCCCCCCCCCCCCCCCCCCCCCCCCCCCCCCC(=O)NC(CO)C(O)/C=C/CCCCCCCCCCCCCC. The third-order valence-electron chi connectivity index (χ3n) is 16.0. The molecule has 0 heterocycles. The summed E-state index contributed by atoms with van der Waals surface area (Å²) in [7, 11) is 0. The van der Waals surface area contributed by atoms with Crippen LogP contribution >= 0.6 is 0 Å². The van der Waals surface area contributed by atoms with E-state index in [0.29, 0.717) is 19.4 Å². The summed E-state index contributed by atoms with van der Waals surface area (Å²) in [5.41, 5.74) is 0. The van der Waals surface area contributed by atoms with Gasteiger partial charge in [-0.1, -0.05) is 334 Å². The van der Waals surface area contributed by atoms with Crippen molar-refractivity contribution in [1.29, 1.82) is 0 Å². The molecule has 0 aromatic rings. The highest BCUT2D eigenvalue weighted by atomic mass is 16.5. The lowest BCUT2D eigenvalue weighted by Crippen LogP contribution is -2.45. The highest BCUT2D eigenvalue weighted by molar-refractivity contribution is 5.76. The maximum Gasteiger partial charge on any atom is 0.305 e. The highest BCUT2D eigenvalue weighted by Gasteiger charge is 2.18. The van der Waals surface area contributed by atoms with Gasteiger partial charge in [-0.2, -0.15) is 0 Å². The summed E-state index contributed by atoms with van der Waals surface area (Å²) in [5, 5.41) is 23.1. The molecule has 2 atom stereocenters. The van der Waals surface area contributed by atoms with Crippen LogP contribution in [0.3, 0.4) is 0 Å². The van der Waals surface area contributed by atoms with E-state index < -0.39 is 12.1 Å². The van der Waals surface area contributed by atoms with Crippen molar-refractivity contribution in [3.63, 3.8) is 0 Å². The molecule has 0 saturated heterocycles. The Morgan fingerprint density at radius 3 is 0.973 bits per heavy atom. The number of ether oxygens (including phenoxy) is 1. The lowest BCUT2D eigenvalue weighted by molar-refractivity contribution is -0.143. The summed E-state index contributed by atoms with van der Waals surface area (Å²) >= 11 is 0. The minimum Gasteiger partial charge on any atom is -0.466 e. The van der Waals surface area contributed by atoms with Crippen LogP contribution in [0.2, 0.25) is 0 Å². The number of hydrogen-bond donors (Lipinski definition) is 3. The number of hydrogen-bond acceptors (Lipinski definition) is 5. The molecule has 0 aliphatic rings. The van der Waals surface area contributed by atoms with Crippen molar-refractivity contribution in [1.82, 2.24) is 5.32 Å². The third kappa shape index (κ3) is 61.4. The van der Waals surface area contributed by atoms with Crippen molar-refractivity contribution in [3.05, 3.63) is 24.3 Å². The Hall–Kier alpha value is -1.66. The van der Waals surface area contributed by atoms with E-state index >= 15 is 0 Å². The van der Waals surface area contributed by atoms with Gasteiger partial charge in [-0.15, -0.1) is 0 Å². The van der Waals surface area contributed by atoms with Gasteiger partial charge in [0.05, 0.1) is 25.4 Å². The average Bonchev–Trinajstić information content (AvgIpc) is 3.41. The van der Waals surface area contributed by atoms with Crippen molar-refractivity contribution in [2.75, 3.05) is 13.2 Å². The van der Waals surface area contributed by atoms with Gasteiger partial charge in [0.25, 0.3) is 0 Å². The zero-order chi connectivity index (χ0) is 54.3. The Morgan fingerprint density at radius 1 is 0.360 bits per heavy atom. The fraction of sp³-hybridized carbons (Fsp3) is 0.913. The summed E-state index contributed by atoms with van der Waals surface area (Å²) in [4.78, 5) is 24.5. The Morgan fingerprint density at radius 2 is 0.627 bits per heavy atom. The highest BCUT2D eigenvalue weighted by Crippen LogP contribution is 2.19. The number of aliphatic hydroxyl groups is 2. The molecule has 6 nitrogen and oxygen atoms in total. The molecule has 6 heteroatoms. The number of allylic oxidation sites excluding steroid dienone is 3. The van der Waals surface area contributed by atoms with Crippen molar-refractivity contribution in [2.45, 2.75) is 392 Å². The van der Waals surface area contributed by atoms with E-state index in [1.807, 2.05) is 6.08 Å². The Bertz CT molecular complexity index is 1170. The predicted molar refractivity (Wildman–Crippen MR) is 329 cm³/mol. The number of rotatable bonds is 64. The number of carbonyl (C=O) groups excluding carboxylic acids is 2. The topological polar surface area (TPSA) is 95.9 Å². The van der Waals surface area contributed by atoms with Crippen LogP contribution in [0.25, 0.3) is 0 Å². The maximum atomic E-state index is 12.5. The largest absolute Gasteiger partial charge is 0.466 e. The normalized spacial score (nSPS) is 12.6. The van der Waals surface area contributed by atoms with Crippen molar-refractivity contribution in [2.24, 2.45) is 0 Å². The van der Waals surface area contributed by atoms with Gasteiger partial charge >= 0.3 is 5.97 Å². The number of carbonyl (C=O) groups is 2. The second-order valence-electron chi connectivity index (χ2n) is 23.5. The van der Waals surface area contributed by atoms with E-state index in [-0.39, 0.29) is 18.5 Å². The van der Waals surface area contributed by atoms with Crippen molar-refractivity contribution in [3.8, 4) is 0 Å². The van der Waals surface area contributed by atoms with Crippen molar-refractivity contribution >= 4 is 11.9 Å². The second kappa shape index (κ2) is 64.9. The average molecular weight is 1060 g/mol. The van der Waals surface area contributed by atoms with Gasteiger partial charge in [0, 0.05) is 12.8 Å². The summed E-state index contributed by atoms with van der Waals surface area (Å²) in [6.07, 6.45) is 81.2. The first-order valence-corrected chi connectivity index (χ1v) is 34.1. The number of nitrogens with one attached hydrogen (secondary N) is 1. The molecule has 2 unspecified atom stereocenters. The molecule has 0 rings (SSSR count). The molecule has 3 N–H and O–H groups in total. The minimum atomic E-state index is -0.840. The Kier molecular flexibility index (Phi) is 63.4. The maximum absolute atomic E-state index is 12.5. The molecular weight excluding hydrogens is 923 g/mol. The Balaban J connectivity index is 3.33. The van der Waals surface area contributed by atoms with E-state index in [2.05, 4.69) is 31.3 Å². The molecule has 0 aromatic heterocycles. The standard InChI is InChI=1S/C69H133NO5/c1-3-5-7-9-11-13-15-17-38-41-45-49-53-57-61-67(72)66(65-71)70-68(73)62-58-54-50-46-42-39-36-34-32-30-28-26-24-22-20-18-19-21-23-25-27-29-31-33-35-37-40-44-48-52-56-60-64-75-69(74)63-59-55-51-47-43-16-14-12-10-8-6-4-2/h12,14,57,61,66-67,71-72H,3-11,13,15-56,58-60,62-65H2,1-2H3,(H,70,73)/b14-12-,61-57+. The summed E-state index contributed by atoms with van der Waals surface area (Å²) in [5.74, 6) is -0.0504. The number of esters is 1. The van der Waals surface area contributed by atoms with Gasteiger partial charge in [-0.05, 0) is 57.8 Å². The van der Waals surface area contributed by atoms with Gasteiger partial charge in [-0.25, -0.2) is 0 Å². The number of aliphatic hydroxyl groups excluding tert-OH is 2. The lowest BCUT2D eigenvalue weighted by Gasteiger charge is -2.20. The molecule has 0 aliphatic carbocycles. The predicted octanol–water partition coefficient (Wildman–Crippen LogP) is 21.8. The van der Waals surface area contributed by atoms with E-state index in [9.17, 15) is 19.8 Å². The fourth-order valence-electron chi connectivity index (χ4n) is 10.7. The summed E-state index contributed by atoms with van der Waals surface area (Å²) in [6.45, 7) is 4.90. The third-order valence-corrected chi connectivity index (χ3v) is 16.0. The molecule has 0 spiro atoms. The zero-order valence-corrected chi connectivity index (χ0v) is 50.8. The molecule has 0 radical (unpaired) electrons. The summed E-state index contributed by atoms with van der Waals surface area (Å²) < 4.78 is 5.48. The second-order valence-corrected chi connectivity index (χ2v) is 23.5. The zero-order valence-electron chi connectivity index (χ0n) is 50.8. The van der Waals surface area contributed by atoms with Gasteiger partial charge in [0.1, 0.15) is 0 Å². The monoisotopic (exact) mass is 1060 g/mol. The van der Waals surface area contributed by atoms with Crippen LogP contribution < -0.4 is 5.32 Å². The van der Waals surface area contributed by atoms with E-state index in [4.69, 9.17) is 4.74 Å². The molecular formula is C69H133NO5. The molecule has 75 heavy (non-hydrogen) atoms. The first-order valence-electron chi connectivity index (χ1n) is 34.1. The molecule has 444 valence electrons. The fourth-order valence-corrected chi connectivity index (χ4v) is 10.7. The van der Waals surface area contributed by atoms with Gasteiger partial charge in [-0.3, -0.25) is 9.59 Å². The van der Waals surface area contributed by atoms with Crippen LogP contribution in [0, 0.1) is 0 Å². The molecule has 1 amide bonds. The van der Waals surface area contributed by atoms with Gasteiger partial charge < -0.3 is 20.3 Å². The van der Waals surface area contributed by atoms with E-state index in [0.717, 1.165) is 44.9 Å². The van der Waals surface area contributed by atoms with Crippen LogP contribution in [-0.4, -0.2) is 47.4 Å². The Labute approximate surface area is 469 Å². The van der Waals surface area contributed by atoms with Gasteiger partial charge in [0.2, 0.25) is 5.91 Å². The van der Waals surface area contributed by atoms with E-state index in [1.54, 1.807) is 6.08 Å². The molecule has 0 saturated carbocycles. The molecule has 0 bridgehead atoms.